The van der Waals surface area contributed by atoms with E-state index in [-0.39, 0.29) is 17.7 Å². The topological polar surface area (TPSA) is 72.9 Å². The Morgan fingerprint density at radius 1 is 1.12 bits per heavy atom. The Labute approximate surface area is 154 Å². The Morgan fingerprint density at radius 3 is 2.42 bits per heavy atom. The second kappa shape index (κ2) is 8.23. The van der Waals surface area contributed by atoms with Gasteiger partial charge in [-0.05, 0) is 43.7 Å². The number of methoxy groups -OCH3 is 1. The van der Waals surface area contributed by atoms with Crippen molar-refractivity contribution in [2.75, 3.05) is 13.4 Å². The van der Waals surface area contributed by atoms with Gasteiger partial charge in [0.25, 0.3) is 5.91 Å². The highest BCUT2D eigenvalue weighted by molar-refractivity contribution is 7.86. The van der Waals surface area contributed by atoms with Crippen LogP contribution < -0.4 is 8.92 Å². The molecule has 2 rings (SSSR count). The predicted octanol–water partition coefficient (Wildman–Crippen LogP) is 3.08. The Bertz CT molecular complexity index is 877. The molecule has 0 unspecified atom stereocenters. The zero-order valence-corrected chi connectivity index (χ0v) is 16.1. The molecular formula is C19H23NO5S. The molecule has 0 heterocycles. The minimum absolute atomic E-state index is 0.0631. The Kier molecular flexibility index (Phi) is 6.26. The lowest BCUT2D eigenvalue weighted by atomic mass is 10.1. The number of nitrogens with zero attached hydrogens (tertiary/aromatic N) is 1. The van der Waals surface area contributed by atoms with Gasteiger partial charge in [-0.15, -0.1) is 0 Å². The third-order valence-electron chi connectivity index (χ3n) is 3.72. The minimum Gasteiger partial charge on any atom is -0.496 e. The maximum atomic E-state index is 13.0. The molecule has 7 heteroatoms. The van der Waals surface area contributed by atoms with Crippen LogP contribution in [-0.2, 0) is 16.7 Å². The van der Waals surface area contributed by atoms with E-state index in [1.54, 1.807) is 47.4 Å². The van der Waals surface area contributed by atoms with Crippen molar-refractivity contribution < 1.29 is 22.1 Å². The number of benzene rings is 2. The molecule has 0 aliphatic heterocycles. The van der Waals surface area contributed by atoms with Gasteiger partial charge in [-0.3, -0.25) is 4.79 Å². The average Bonchev–Trinajstić information content (AvgIpc) is 2.57. The first kappa shape index (κ1) is 19.8. The first-order valence-corrected chi connectivity index (χ1v) is 9.95. The lowest BCUT2D eigenvalue weighted by Crippen LogP contribution is -2.36. The molecule has 0 atom stereocenters. The zero-order valence-electron chi connectivity index (χ0n) is 15.3. The molecule has 0 bridgehead atoms. The molecule has 0 saturated heterocycles. The third-order valence-corrected chi connectivity index (χ3v) is 4.22. The minimum atomic E-state index is -3.60. The highest BCUT2D eigenvalue weighted by Crippen LogP contribution is 2.23. The van der Waals surface area contributed by atoms with Gasteiger partial charge in [0.05, 0.1) is 18.9 Å². The SMILES string of the molecule is COc1ccccc1C(=O)N(Cc1cccc(OS(C)(=O)=O)c1)C(C)C. The summed E-state index contributed by atoms with van der Waals surface area (Å²) in [7, 11) is -2.08. The maximum absolute atomic E-state index is 13.0. The van der Waals surface area contributed by atoms with E-state index in [4.69, 9.17) is 8.92 Å². The predicted molar refractivity (Wildman–Crippen MR) is 99.9 cm³/mol. The van der Waals surface area contributed by atoms with Crippen LogP contribution in [0.3, 0.4) is 0 Å². The molecule has 0 saturated carbocycles. The van der Waals surface area contributed by atoms with E-state index < -0.39 is 10.1 Å². The summed E-state index contributed by atoms with van der Waals surface area (Å²) in [5, 5.41) is 0. The number of rotatable bonds is 7. The second-order valence-electron chi connectivity index (χ2n) is 6.16. The van der Waals surface area contributed by atoms with Crippen LogP contribution in [-0.4, -0.2) is 38.6 Å². The van der Waals surface area contributed by atoms with Crippen molar-refractivity contribution in [1.29, 1.82) is 0 Å². The summed E-state index contributed by atoms with van der Waals surface area (Å²) in [5.41, 5.74) is 1.25. The fraction of sp³-hybridized carbons (Fsp3) is 0.316. The van der Waals surface area contributed by atoms with E-state index >= 15 is 0 Å². The molecule has 2 aromatic rings. The van der Waals surface area contributed by atoms with E-state index in [0.717, 1.165) is 11.8 Å². The summed E-state index contributed by atoms with van der Waals surface area (Å²) in [5.74, 6) is 0.572. The van der Waals surface area contributed by atoms with Crippen LogP contribution in [0, 0.1) is 0 Å². The number of hydrogen-bond acceptors (Lipinski definition) is 5. The first-order chi connectivity index (χ1) is 12.2. The van der Waals surface area contributed by atoms with E-state index in [1.165, 1.54) is 7.11 Å². The maximum Gasteiger partial charge on any atom is 0.306 e. The van der Waals surface area contributed by atoms with Gasteiger partial charge in [-0.1, -0.05) is 24.3 Å². The molecule has 2 aromatic carbocycles. The molecule has 0 N–H and O–H groups in total. The Morgan fingerprint density at radius 2 is 1.81 bits per heavy atom. The van der Waals surface area contributed by atoms with Crippen LogP contribution in [0.2, 0.25) is 0 Å². The molecule has 0 aromatic heterocycles. The van der Waals surface area contributed by atoms with Gasteiger partial charge in [0.15, 0.2) is 0 Å². The van der Waals surface area contributed by atoms with Crippen LogP contribution in [0.25, 0.3) is 0 Å². The van der Waals surface area contributed by atoms with Crippen LogP contribution in [0.1, 0.15) is 29.8 Å². The number of hydrogen-bond donors (Lipinski definition) is 0. The lowest BCUT2D eigenvalue weighted by molar-refractivity contribution is 0.0686. The average molecular weight is 377 g/mol. The standard InChI is InChI=1S/C19H23NO5S/c1-14(2)20(19(21)17-10-5-6-11-18(17)24-3)13-15-8-7-9-16(12-15)25-26(4,22)23/h5-12,14H,13H2,1-4H3. The second-order valence-corrected chi connectivity index (χ2v) is 7.74. The van der Waals surface area contributed by atoms with Crippen LogP contribution >= 0.6 is 0 Å². The summed E-state index contributed by atoms with van der Waals surface area (Å²) in [6.07, 6.45) is 0.991. The van der Waals surface area contributed by atoms with E-state index in [2.05, 4.69) is 0 Å². The van der Waals surface area contributed by atoms with Gasteiger partial charge >= 0.3 is 10.1 Å². The van der Waals surface area contributed by atoms with Gasteiger partial charge in [0, 0.05) is 12.6 Å². The molecule has 0 aliphatic carbocycles. The molecule has 0 aliphatic rings. The number of carbonyl (C=O) groups is 1. The monoisotopic (exact) mass is 377 g/mol. The van der Waals surface area contributed by atoms with Gasteiger partial charge in [-0.25, -0.2) is 0 Å². The molecule has 1 amide bonds. The highest BCUT2D eigenvalue weighted by atomic mass is 32.2. The molecule has 26 heavy (non-hydrogen) atoms. The number of ether oxygens (including phenoxy) is 1. The zero-order chi connectivity index (χ0) is 19.3. The number of amides is 1. The fourth-order valence-electron chi connectivity index (χ4n) is 2.53. The third kappa shape index (κ3) is 5.23. The van der Waals surface area contributed by atoms with E-state index in [9.17, 15) is 13.2 Å². The van der Waals surface area contributed by atoms with Gasteiger partial charge in [0.2, 0.25) is 0 Å². The molecular weight excluding hydrogens is 354 g/mol. The van der Waals surface area contributed by atoms with Crippen LogP contribution in [0.15, 0.2) is 48.5 Å². The largest absolute Gasteiger partial charge is 0.496 e. The van der Waals surface area contributed by atoms with Crippen LogP contribution in [0.5, 0.6) is 11.5 Å². The van der Waals surface area contributed by atoms with E-state index in [1.807, 2.05) is 19.9 Å². The lowest BCUT2D eigenvalue weighted by Gasteiger charge is -2.27. The highest BCUT2D eigenvalue weighted by Gasteiger charge is 2.22. The van der Waals surface area contributed by atoms with E-state index in [0.29, 0.717) is 17.9 Å². The first-order valence-electron chi connectivity index (χ1n) is 8.13. The van der Waals surface area contributed by atoms with Gasteiger partial charge in [-0.2, -0.15) is 8.42 Å². The normalized spacial score (nSPS) is 11.3. The summed E-state index contributed by atoms with van der Waals surface area (Å²) in [6.45, 7) is 4.16. The van der Waals surface area contributed by atoms with Crippen molar-refractivity contribution in [2.24, 2.45) is 0 Å². The van der Waals surface area contributed by atoms with Crippen molar-refractivity contribution in [3.05, 3.63) is 59.7 Å². The van der Waals surface area contributed by atoms with Crippen molar-refractivity contribution in [2.45, 2.75) is 26.4 Å². The summed E-state index contributed by atoms with van der Waals surface area (Å²) in [4.78, 5) is 14.7. The molecule has 0 spiro atoms. The van der Waals surface area contributed by atoms with Crippen LogP contribution in [0.4, 0.5) is 0 Å². The number of carbonyl (C=O) groups excluding carboxylic acids is 1. The van der Waals surface area contributed by atoms with Crippen molar-refractivity contribution in [3.8, 4) is 11.5 Å². The van der Waals surface area contributed by atoms with Gasteiger partial charge in [0.1, 0.15) is 11.5 Å². The molecule has 140 valence electrons. The van der Waals surface area contributed by atoms with Gasteiger partial charge < -0.3 is 13.8 Å². The fourth-order valence-corrected chi connectivity index (χ4v) is 2.99. The Balaban J connectivity index is 2.29. The van der Waals surface area contributed by atoms with Crippen molar-refractivity contribution in [3.63, 3.8) is 0 Å². The quantitative estimate of drug-likeness (QED) is 0.694. The molecule has 0 radical (unpaired) electrons. The summed E-state index contributed by atoms with van der Waals surface area (Å²) >= 11 is 0. The Hall–Kier alpha value is -2.54. The molecule has 6 nitrogen and oxygen atoms in total. The summed E-state index contributed by atoms with van der Waals surface area (Å²) < 4.78 is 32.8. The smallest absolute Gasteiger partial charge is 0.306 e. The van der Waals surface area contributed by atoms with Crippen molar-refractivity contribution >= 4 is 16.0 Å². The number of para-hydroxylation sites is 1. The molecule has 0 fully saturated rings. The summed E-state index contributed by atoms with van der Waals surface area (Å²) in [6, 6.07) is 13.7. The van der Waals surface area contributed by atoms with Crippen molar-refractivity contribution in [1.82, 2.24) is 4.90 Å².